The van der Waals surface area contributed by atoms with Crippen molar-refractivity contribution in [2.24, 2.45) is 5.73 Å². The Hall–Kier alpha value is -1.63. The molecular formula is C21H29Cl2N3O2. The van der Waals surface area contributed by atoms with Gasteiger partial charge < -0.3 is 15.8 Å². The Balaban J connectivity index is 0.00000196. The van der Waals surface area contributed by atoms with Gasteiger partial charge in [0.05, 0.1) is 12.7 Å². The molecule has 1 aliphatic heterocycles. The van der Waals surface area contributed by atoms with Gasteiger partial charge >= 0.3 is 0 Å². The summed E-state index contributed by atoms with van der Waals surface area (Å²) >= 11 is 0. The topological polar surface area (TPSA) is 67.6 Å². The van der Waals surface area contributed by atoms with Gasteiger partial charge in [0, 0.05) is 26.2 Å². The number of hydrogen-bond donors (Lipinski definition) is 2. The van der Waals surface area contributed by atoms with Crippen LogP contribution in [0.3, 0.4) is 0 Å². The maximum atomic E-state index is 12.6. The molecular weight excluding hydrogens is 397 g/mol. The summed E-state index contributed by atoms with van der Waals surface area (Å²) in [4.78, 5) is 14.9. The molecule has 7 heteroatoms. The van der Waals surface area contributed by atoms with Crippen molar-refractivity contribution < 1.29 is 9.53 Å². The molecule has 1 amide bonds. The summed E-state index contributed by atoms with van der Waals surface area (Å²) in [5.74, 6) is -0.188. The lowest BCUT2D eigenvalue weighted by Crippen LogP contribution is -2.53. The van der Waals surface area contributed by atoms with Crippen molar-refractivity contribution in [1.29, 1.82) is 0 Å². The van der Waals surface area contributed by atoms with E-state index < -0.39 is 5.54 Å². The molecule has 0 spiro atoms. The van der Waals surface area contributed by atoms with E-state index in [4.69, 9.17) is 10.5 Å². The number of carbonyl (C=O) groups is 1. The molecule has 0 radical (unpaired) electrons. The SMILES string of the molecule is CC(N)(C(=O)NCC1CN(Cc2ccccc2)CCO1)c1ccccc1.Cl.Cl. The van der Waals surface area contributed by atoms with Crippen molar-refractivity contribution in [1.82, 2.24) is 10.2 Å². The van der Waals surface area contributed by atoms with Gasteiger partial charge in [-0.05, 0) is 18.1 Å². The fraction of sp³-hybridized carbons (Fsp3) is 0.381. The van der Waals surface area contributed by atoms with E-state index in [1.165, 1.54) is 5.56 Å². The van der Waals surface area contributed by atoms with E-state index in [2.05, 4.69) is 34.5 Å². The number of hydrogen-bond acceptors (Lipinski definition) is 4. The number of carbonyl (C=O) groups excluding carboxylic acids is 1. The summed E-state index contributed by atoms with van der Waals surface area (Å²) in [6, 6.07) is 19.8. The van der Waals surface area contributed by atoms with E-state index in [-0.39, 0.29) is 36.8 Å². The molecule has 1 aliphatic rings. The molecule has 0 bridgehead atoms. The van der Waals surface area contributed by atoms with Gasteiger partial charge in [0.1, 0.15) is 5.54 Å². The Kier molecular flexibility index (Phi) is 9.93. The van der Waals surface area contributed by atoms with Crippen molar-refractivity contribution >= 4 is 30.7 Å². The first-order valence-corrected chi connectivity index (χ1v) is 9.06. The van der Waals surface area contributed by atoms with Crippen LogP contribution in [-0.2, 0) is 21.6 Å². The highest BCUT2D eigenvalue weighted by atomic mass is 35.5. The highest BCUT2D eigenvalue weighted by Gasteiger charge is 2.31. The number of morpholine rings is 1. The summed E-state index contributed by atoms with van der Waals surface area (Å²) in [5.41, 5.74) is 7.29. The first kappa shape index (κ1) is 24.4. The largest absolute Gasteiger partial charge is 0.374 e. The Morgan fingerprint density at radius 1 is 1.14 bits per heavy atom. The molecule has 1 saturated heterocycles. The van der Waals surface area contributed by atoms with Crippen LogP contribution in [0.5, 0.6) is 0 Å². The van der Waals surface area contributed by atoms with Gasteiger partial charge in [-0.2, -0.15) is 0 Å². The molecule has 5 nitrogen and oxygen atoms in total. The summed E-state index contributed by atoms with van der Waals surface area (Å²) in [6.07, 6.45) is -0.0250. The molecule has 3 N–H and O–H groups in total. The summed E-state index contributed by atoms with van der Waals surface area (Å²) < 4.78 is 5.82. The number of ether oxygens (including phenoxy) is 1. The van der Waals surface area contributed by atoms with Crippen molar-refractivity contribution in [3.8, 4) is 0 Å². The number of amides is 1. The van der Waals surface area contributed by atoms with Crippen LogP contribution >= 0.6 is 24.8 Å². The molecule has 2 atom stereocenters. The zero-order valence-corrected chi connectivity index (χ0v) is 17.7. The first-order valence-electron chi connectivity index (χ1n) is 9.06. The lowest BCUT2D eigenvalue weighted by Gasteiger charge is -2.33. The fourth-order valence-corrected chi connectivity index (χ4v) is 3.19. The Labute approximate surface area is 179 Å². The predicted molar refractivity (Wildman–Crippen MR) is 117 cm³/mol. The zero-order valence-electron chi connectivity index (χ0n) is 16.0. The third-order valence-electron chi connectivity index (χ3n) is 4.81. The molecule has 2 aromatic rings. The molecule has 0 aromatic heterocycles. The van der Waals surface area contributed by atoms with Crippen LogP contribution in [0.1, 0.15) is 18.1 Å². The van der Waals surface area contributed by atoms with Gasteiger partial charge in [-0.3, -0.25) is 9.69 Å². The molecule has 154 valence electrons. The van der Waals surface area contributed by atoms with Crippen LogP contribution in [0.2, 0.25) is 0 Å². The Morgan fingerprint density at radius 2 is 1.75 bits per heavy atom. The van der Waals surface area contributed by atoms with Crippen molar-refractivity contribution in [2.45, 2.75) is 25.1 Å². The number of nitrogens with one attached hydrogen (secondary N) is 1. The monoisotopic (exact) mass is 425 g/mol. The smallest absolute Gasteiger partial charge is 0.244 e. The lowest BCUT2D eigenvalue weighted by atomic mass is 9.92. The molecule has 2 unspecified atom stereocenters. The van der Waals surface area contributed by atoms with E-state index >= 15 is 0 Å². The molecule has 2 aromatic carbocycles. The number of rotatable bonds is 6. The quantitative estimate of drug-likeness (QED) is 0.746. The second-order valence-corrected chi connectivity index (χ2v) is 6.99. The minimum atomic E-state index is -1.06. The highest BCUT2D eigenvalue weighted by molar-refractivity contribution is 5.87. The number of benzene rings is 2. The highest BCUT2D eigenvalue weighted by Crippen LogP contribution is 2.17. The number of nitrogens with zero attached hydrogens (tertiary/aromatic N) is 1. The summed E-state index contributed by atoms with van der Waals surface area (Å²) in [5, 5.41) is 2.96. The molecule has 3 rings (SSSR count). The maximum Gasteiger partial charge on any atom is 0.244 e. The van der Waals surface area contributed by atoms with E-state index in [0.717, 1.165) is 25.2 Å². The van der Waals surface area contributed by atoms with Crippen LogP contribution in [0.15, 0.2) is 60.7 Å². The minimum Gasteiger partial charge on any atom is -0.374 e. The van der Waals surface area contributed by atoms with Gasteiger partial charge in [0.2, 0.25) is 5.91 Å². The number of nitrogens with two attached hydrogens (primary N) is 1. The molecule has 0 saturated carbocycles. The fourth-order valence-electron chi connectivity index (χ4n) is 3.19. The second kappa shape index (κ2) is 11.4. The van der Waals surface area contributed by atoms with Crippen molar-refractivity contribution in [2.75, 3.05) is 26.2 Å². The van der Waals surface area contributed by atoms with Gasteiger partial charge in [-0.25, -0.2) is 0 Å². The van der Waals surface area contributed by atoms with Gasteiger partial charge in [0.25, 0.3) is 0 Å². The van der Waals surface area contributed by atoms with Crippen LogP contribution in [0.25, 0.3) is 0 Å². The molecule has 1 fully saturated rings. The zero-order chi connectivity index (χ0) is 18.4. The normalized spacial score (nSPS) is 18.9. The van der Waals surface area contributed by atoms with Crippen molar-refractivity contribution in [3.05, 3.63) is 71.8 Å². The summed E-state index contributed by atoms with van der Waals surface area (Å²) in [6.45, 7) is 5.46. The lowest BCUT2D eigenvalue weighted by molar-refractivity contribution is -0.127. The maximum absolute atomic E-state index is 12.6. The van der Waals surface area contributed by atoms with Gasteiger partial charge in [0.15, 0.2) is 0 Å². The van der Waals surface area contributed by atoms with Crippen LogP contribution in [0.4, 0.5) is 0 Å². The average Bonchev–Trinajstić information content (AvgIpc) is 2.68. The van der Waals surface area contributed by atoms with Crippen molar-refractivity contribution in [3.63, 3.8) is 0 Å². The standard InChI is InChI=1S/C21H27N3O2.2ClH/c1-21(22,18-10-6-3-7-11-18)20(25)23-14-19-16-24(12-13-26-19)15-17-8-4-2-5-9-17;;/h2-11,19H,12-16,22H2,1H3,(H,23,25);2*1H. The minimum absolute atomic E-state index is 0. The van der Waals surface area contributed by atoms with Crippen LogP contribution in [-0.4, -0.2) is 43.2 Å². The van der Waals surface area contributed by atoms with E-state index in [1.54, 1.807) is 6.92 Å². The van der Waals surface area contributed by atoms with E-state index in [0.29, 0.717) is 13.2 Å². The Morgan fingerprint density at radius 3 is 2.39 bits per heavy atom. The van der Waals surface area contributed by atoms with E-state index in [9.17, 15) is 4.79 Å². The van der Waals surface area contributed by atoms with E-state index in [1.807, 2.05) is 36.4 Å². The third kappa shape index (κ3) is 6.47. The molecule has 0 aliphatic carbocycles. The Bertz CT molecular complexity index is 714. The average molecular weight is 426 g/mol. The predicted octanol–water partition coefficient (Wildman–Crippen LogP) is 2.72. The molecule has 28 heavy (non-hydrogen) atoms. The van der Waals surface area contributed by atoms with Gasteiger partial charge in [-0.1, -0.05) is 60.7 Å². The number of halogens is 2. The van der Waals surface area contributed by atoms with Crippen LogP contribution < -0.4 is 11.1 Å². The summed E-state index contributed by atoms with van der Waals surface area (Å²) in [7, 11) is 0. The van der Waals surface area contributed by atoms with Gasteiger partial charge in [-0.15, -0.1) is 24.8 Å². The third-order valence-corrected chi connectivity index (χ3v) is 4.81. The second-order valence-electron chi connectivity index (χ2n) is 6.99. The van der Waals surface area contributed by atoms with Crippen LogP contribution in [0, 0.1) is 0 Å². The first-order chi connectivity index (χ1) is 12.6. The molecule has 1 heterocycles.